The summed E-state index contributed by atoms with van der Waals surface area (Å²) in [5.74, 6) is -5.55. The van der Waals surface area contributed by atoms with Gasteiger partial charge >= 0.3 is 30.9 Å². The lowest BCUT2D eigenvalue weighted by Gasteiger charge is -2.33. The van der Waals surface area contributed by atoms with E-state index in [2.05, 4.69) is 26.3 Å². The number of hydrogen-bond acceptors (Lipinski definition) is 11. The van der Waals surface area contributed by atoms with Crippen molar-refractivity contribution in [3.63, 3.8) is 0 Å². The zero-order valence-corrected chi connectivity index (χ0v) is 36.6. The summed E-state index contributed by atoms with van der Waals surface area (Å²) in [5.41, 5.74) is 1.20. The van der Waals surface area contributed by atoms with Crippen molar-refractivity contribution in [2.45, 2.75) is 89.4 Å². The Balaban J connectivity index is 1.39. The van der Waals surface area contributed by atoms with Gasteiger partial charge in [-0.1, -0.05) is 47.7 Å². The van der Waals surface area contributed by atoms with Crippen LogP contribution in [0, 0.1) is 5.92 Å². The summed E-state index contributed by atoms with van der Waals surface area (Å²) < 4.78 is 50.7. The highest BCUT2D eigenvalue weighted by Crippen LogP contribution is 2.21. The van der Waals surface area contributed by atoms with E-state index >= 15 is 0 Å². The first-order valence-corrected chi connectivity index (χ1v) is 21.3. The van der Waals surface area contributed by atoms with Crippen LogP contribution in [0.4, 0.5) is 17.7 Å². The molecular formula is C42H59BF3N7O12. The number of carboxylic acids is 3. The van der Waals surface area contributed by atoms with Crippen molar-refractivity contribution in [3.8, 4) is 0 Å². The third kappa shape index (κ3) is 22.0. The molecule has 3 aromatic rings. The zero-order valence-electron chi connectivity index (χ0n) is 36.6. The van der Waals surface area contributed by atoms with E-state index in [9.17, 15) is 56.7 Å². The van der Waals surface area contributed by atoms with Gasteiger partial charge in [-0.15, -0.1) is 5.10 Å². The SMILES string of the molecule is C[N+](C)(Cc1cn(CC(=O)CCCOCCOCCC(=O)C[C@@H](Cc2ccc3ccccc3c2)C(=O)NCCCC[C@H](NC(=O)N[C@@H](CCC(=O)O)C(=O)O)C(=O)O)nn1)C[B-](F)(F)F. The number of urea groups is 1. The topological polar surface area (TPSA) is 265 Å². The third-order valence-electron chi connectivity index (χ3n) is 10.1. The predicted molar refractivity (Wildman–Crippen MR) is 229 cm³/mol. The molecule has 0 aliphatic carbocycles. The fourth-order valence-electron chi connectivity index (χ4n) is 6.95. The van der Waals surface area contributed by atoms with Gasteiger partial charge in [-0.2, -0.15) is 0 Å². The molecule has 0 saturated heterocycles. The Morgan fingerprint density at radius 1 is 0.785 bits per heavy atom. The number of halogens is 3. The molecule has 1 heterocycles. The zero-order chi connectivity index (χ0) is 48.0. The van der Waals surface area contributed by atoms with Crippen LogP contribution in [0.15, 0.2) is 48.7 Å². The van der Waals surface area contributed by atoms with Crippen LogP contribution < -0.4 is 16.0 Å². The molecule has 65 heavy (non-hydrogen) atoms. The van der Waals surface area contributed by atoms with Crippen molar-refractivity contribution in [1.82, 2.24) is 30.9 Å². The molecule has 19 nitrogen and oxygen atoms in total. The van der Waals surface area contributed by atoms with Gasteiger partial charge in [0.2, 0.25) is 5.91 Å². The molecule has 358 valence electrons. The second kappa shape index (κ2) is 26.8. The Morgan fingerprint density at radius 2 is 1.45 bits per heavy atom. The summed E-state index contributed by atoms with van der Waals surface area (Å²) in [6, 6.07) is 9.50. The van der Waals surface area contributed by atoms with Crippen LogP contribution in [0.25, 0.3) is 10.8 Å². The second-order valence-electron chi connectivity index (χ2n) is 16.5. The fraction of sp³-hybridized carbons (Fsp3) is 0.548. The van der Waals surface area contributed by atoms with Gasteiger partial charge in [0.05, 0.1) is 46.6 Å². The minimum absolute atomic E-state index is 0.0154. The van der Waals surface area contributed by atoms with E-state index in [-0.39, 0.29) is 107 Å². The van der Waals surface area contributed by atoms with E-state index in [0.717, 1.165) is 16.3 Å². The lowest BCUT2D eigenvalue weighted by molar-refractivity contribution is -0.895. The number of benzene rings is 2. The molecule has 2 aromatic carbocycles. The highest BCUT2D eigenvalue weighted by atomic mass is 19.4. The van der Waals surface area contributed by atoms with Gasteiger partial charge in [0, 0.05) is 44.8 Å². The number of hydrogen-bond donors (Lipinski definition) is 6. The third-order valence-corrected chi connectivity index (χ3v) is 10.1. The molecule has 1 aromatic heterocycles. The van der Waals surface area contributed by atoms with Gasteiger partial charge in [0.25, 0.3) is 0 Å². The number of nitrogens with zero attached hydrogens (tertiary/aromatic N) is 4. The minimum atomic E-state index is -4.98. The number of unbranched alkanes of at least 4 members (excludes halogenated alkanes) is 1. The van der Waals surface area contributed by atoms with Gasteiger partial charge in [0.1, 0.15) is 36.7 Å². The average molecular weight is 922 g/mol. The number of quaternary nitrogens is 1. The lowest BCUT2D eigenvalue weighted by atomic mass is 9.90. The van der Waals surface area contributed by atoms with Gasteiger partial charge in [0.15, 0.2) is 5.78 Å². The number of amides is 3. The van der Waals surface area contributed by atoms with Crippen molar-refractivity contribution in [1.29, 1.82) is 0 Å². The molecular weight excluding hydrogens is 862 g/mol. The maximum Gasteiger partial charge on any atom is 0.531 e. The summed E-state index contributed by atoms with van der Waals surface area (Å²) in [6.45, 7) is -4.12. The van der Waals surface area contributed by atoms with E-state index in [1.807, 2.05) is 42.5 Å². The smallest absolute Gasteiger partial charge is 0.481 e. The number of aliphatic carboxylic acids is 3. The maximum atomic E-state index is 13.5. The van der Waals surface area contributed by atoms with Gasteiger partial charge in [-0.25, -0.2) is 19.1 Å². The van der Waals surface area contributed by atoms with Gasteiger partial charge in [-0.3, -0.25) is 19.2 Å². The van der Waals surface area contributed by atoms with Gasteiger partial charge < -0.3 is 58.2 Å². The number of ether oxygens (including phenoxy) is 2. The minimum Gasteiger partial charge on any atom is -0.481 e. The van der Waals surface area contributed by atoms with Crippen LogP contribution in [-0.2, 0) is 57.8 Å². The lowest BCUT2D eigenvalue weighted by Crippen LogP contribution is -2.51. The van der Waals surface area contributed by atoms with Crippen molar-refractivity contribution >= 4 is 59.2 Å². The summed E-state index contributed by atoms with van der Waals surface area (Å²) in [5, 5.41) is 44.5. The average Bonchev–Trinajstić information content (AvgIpc) is 3.64. The van der Waals surface area contributed by atoms with Crippen LogP contribution in [0.1, 0.15) is 69.0 Å². The second-order valence-corrected chi connectivity index (χ2v) is 16.5. The Labute approximate surface area is 374 Å². The largest absolute Gasteiger partial charge is 0.531 e. The molecule has 6 N–H and O–H groups in total. The number of carboxylic acid groups (broad SMARTS) is 3. The number of aromatic nitrogens is 3. The summed E-state index contributed by atoms with van der Waals surface area (Å²) in [4.78, 5) is 85.2. The quantitative estimate of drug-likeness (QED) is 0.0291. The molecule has 3 amide bonds. The van der Waals surface area contributed by atoms with Crippen LogP contribution in [0.3, 0.4) is 0 Å². The number of nitrogens with one attached hydrogen (secondary N) is 3. The van der Waals surface area contributed by atoms with Crippen LogP contribution in [0.5, 0.6) is 0 Å². The monoisotopic (exact) mass is 921 g/mol. The first-order chi connectivity index (χ1) is 30.7. The normalized spacial score (nSPS) is 13.1. The number of carbonyl (C=O) groups is 7. The molecule has 0 aliphatic rings. The van der Waals surface area contributed by atoms with Crippen LogP contribution >= 0.6 is 0 Å². The van der Waals surface area contributed by atoms with E-state index in [4.69, 9.17) is 14.6 Å². The summed E-state index contributed by atoms with van der Waals surface area (Å²) in [7, 11) is 2.90. The van der Waals surface area contributed by atoms with E-state index in [1.54, 1.807) is 0 Å². The predicted octanol–water partition coefficient (Wildman–Crippen LogP) is 3.34. The molecule has 3 rings (SSSR count). The summed E-state index contributed by atoms with van der Waals surface area (Å²) in [6.07, 6.45) is 0.958. The van der Waals surface area contributed by atoms with Crippen molar-refractivity contribution < 1.29 is 75.8 Å². The number of rotatable bonds is 33. The van der Waals surface area contributed by atoms with Crippen molar-refractivity contribution in [2.75, 3.05) is 53.5 Å². The molecule has 3 atom stereocenters. The molecule has 0 fully saturated rings. The Hall–Kier alpha value is -5.94. The molecule has 0 unspecified atom stereocenters. The first kappa shape index (κ1) is 53.4. The van der Waals surface area contributed by atoms with E-state index in [1.165, 1.54) is 25.0 Å². The van der Waals surface area contributed by atoms with E-state index in [0.29, 0.717) is 18.5 Å². The van der Waals surface area contributed by atoms with Gasteiger partial charge in [-0.05, 0) is 54.9 Å². The number of ketones is 2. The molecule has 0 aliphatic heterocycles. The number of carbonyl (C=O) groups excluding carboxylic acids is 4. The fourth-order valence-corrected chi connectivity index (χ4v) is 6.95. The molecule has 0 saturated carbocycles. The summed E-state index contributed by atoms with van der Waals surface area (Å²) >= 11 is 0. The van der Waals surface area contributed by atoms with Crippen molar-refractivity contribution in [3.05, 3.63) is 59.9 Å². The highest BCUT2D eigenvalue weighted by Gasteiger charge is 2.34. The molecule has 0 spiro atoms. The Bertz CT molecular complexity index is 2070. The number of Topliss-reactive ketones (excluding diaryl/α,β-unsaturated/α-hetero) is 2. The molecule has 0 bridgehead atoms. The Kier molecular flexibility index (Phi) is 22.0. The maximum absolute atomic E-state index is 13.5. The van der Waals surface area contributed by atoms with Crippen LogP contribution in [-0.4, -0.2) is 149 Å². The van der Waals surface area contributed by atoms with Crippen LogP contribution in [0.2, 0.25) is 0 Å². The Morgan fingerprint density at radius 3 is 2.11 bits per heavy atom. The standard InChI is InChI=1S/C42H59BF3N7O12/c1-53(2,28-43(44,45)46)27-33-25-52(51-50-33)26-35(55)10-7-18-64-20-21-65-19-16-34(54)24-32(23-29-12-13-30-8-3-4-9-31(30)22-29)39(58)47-17-6-5-11-36(40(59)60)48-42(63)49-37(41(61)62)14-15-38(56)57/h3-4,8-9,12-13,22,25,32,36-37H,5-7,10-11,14-21,23-24,26-28H2,1-2H3,(H,47,58)(H,56,57)(H,59,60)(H,61,62)(H2,48,49,63)/t32-,36+,37+/m1/s1. The molecule has 0 radical (unpaired) electrons. The van der Waals surface area contributed by atoms with E-state index < -0.39 is 68.2 Å². The van der Waals surface area contributed by atoms with Crippen molar-refractivity contribution in [2.24, 2.45) is 5.92 Å². The molecule has 23 heteroatoms. The number of fused-ring (bicyclic) bond motifs is 1. The highest BCUT2D eigenvalue weighted by molar-refractivity contribution is 6.58. The first-order valence-electron chi connectivity index (χ1n) is 21.3.